The molecule has 0 radical (unpaired) electrons. The van der Waals surface area contributed by atoms with Crippen molar-refractivity contribution in [3.8, 4) is 0 Å². The van der Waals surface area contributed by atoms with E-state index in [0.29, 0.717) is 12.0 Å². The van der Waals surface area contributed by atoms with E-state index in [1.807, 2.05) is 29.0 Å². The molecule has 2 aliphatic rings. The zero-order valence-electron chi connectivity index (χ0n) is 16.1. The van der Waals surface area contributed by atoms with Gasteiger partial charge in [-0.1, -0.05) is 0 Å². The van der Waals surface area contributed by atoms with Crippen LogP contribution >= 0.6 is 0 Å². The van der Waals surface area contributed by atoms with Crippen LogP contribution in [0.1, 0.15) is 54.9 Å². The maximum Gasteiger partial charge on any atom is 0.345 e. The van der Waals surface area contributed by atoms with Crippen LogP contribution in [0.15, 0.2) is 16.9 Å². The van der Waals surface area contributed by atoms with Crippen LogP contribution in [-0.2, 0) is 7.05 Å². The summed E-state index contributed by atoms with van der Waals surface area (Å²) in [6, 6.07) is 4.50. The predicted molar refractivity (Wildman–Crippen MR) is 102 cm³/mol. The largest absolute Gasteiger partial charge is 0.356 e. The summed E-state index contributed by atoms with van der Waals surface area (Å²) in [5, 5.41) is 9.20. The molecule has 3 aromatic heterocycles. The van der Waals surface area contributed by atoms with Gasteiger partial charge in [-0.3, -0.25) is 4.57 Å². The molecule has 8 heteroatoms. The Balaban J connectivity index is 1.42. The fraction of sp³-hybridized carbons (Fsp3) is 0.579. The molecule has 3 aromatic rings. The molecule has 8 nitrogen and oxygen atoms in total. The Labute approximate surface area is 157 Å². The van der Waals surface area contributed by atoms with Gasteiger partial charge in [0.25, 0.3) is 0 Å². The maximum absolute atomic E-state index is 12.4. The zero-order chi connectivity index (χ0) is 18.7. The number of nitrogens with zero attached hydrogens (tertiary/aromatic N) is 7. The van der Waals surface area contributed by atoms with Gasteiger partial charge in [0.05, 0.1) is 5.69 Å². The van der Waals surface area contributed by atoms with Crippen LogP contribution in [0.4, 0.5) is 5.82 Å². The first-order valence-electron chi connectivity index (χ1n) is 9.75. The molecule has 0 bridgehead atoms. The summed E-state index contributed by atoms with van der Waals surface area (Å²) in [5.74, 6) is 2.42. The SMILES string of the molecule is Cc1cc(N2CCC(c3nn(C)c(=O)n3C3CC3)CC2)n2nc(C)cc2n1. The van der Waals surface area contributed by atoms with Gasteiger partial charge in [0.15, 0.2) is 5.65 Å². The molecule has 1 saturated heterocycles. The molecule has 1 aliphatic heterocycles. The third-order valence-corrected chi connectivity index (χ3v) is 5.74. The summed E-state index contributed by atoms with van der Waals surface area (Å²) in [6.07, 6.45) is 4.19. The molecule has 4 heterocycles. The van der Waals surface area contributed by atoms with Gasteiger partial charge in [-0.05, 0) is 39.5 Å². The Morgan fingerprint density at radius 1 is 1.00 bits per heavy atom. The number of hydrogen-bond acceptors (Lipinski definition) is 5. The minimum atomic E-state index is 0.0356. The summed E-state index contributed by atoms with van der Waals surface area (Å²) in [5.41, 5.74) is 2.92. The second-order valence-corrected chi connectivity index (χ2v) is 7.94. The van der Waals surface area contributed by atoms with E-state index >= 15 is 0 Å². The predicted octanol–water partition coefficient (Wildman–Crippen LogP) is 1.96. The number of rotatable bonds is 3. The van der Waals surface area contributed by atoms with Gasteiger partial charge < -0.3 is 4.90 Å². The van der Waals surface area contributed by atoms with Crippen LogP contribution in [0.3, 0.4) is 0 Å². The standard InChI is InChI=1S/C19H25N7O/c1-12-11-17(26-16(20-12)10-13(2)21-26)24-8-6-14(7-9-24)18-22-23(3)19(27)25(18)15-4-5-15/h10-11,14-15H,4-9H2,1-3H3. The highest BCUT2D eigenvalue weighted by molar-refractivity contribution is 5.52. The lowest BCUT2D eigenvalue weighted by atomic mass is 9.96. The minimum absolute atomic E-state index is 0.0356. The highest BCUT2D eigenvalue weighted by Crippen LogP contribution is 2.38. The van der Waals surface area contributed by atoms with Crippen molar-refractivity contribution in [2.45, 2.75) is 51.5 Å². The van der Waals surface area contributed by atoms with Crippen LogP contribution in [0.5, 0.6) is 0 Å². The number of aryl methyl sites for hydroxylation is 3. The van der Waals surface area contributed by atoms with E-state index in [9.17, 15) is 4.79 Å². The fourth-order valence-electron chi connectivity index (χ4n) is 4.24. The third-order valence-electron chi connectivity index (χ3n) is 5.74. The van der Waals surface area contributed by atoms with Gasteiger partial charge in [0.2, 0.25) is 0 Å². The van der Waals surface area contributed by atoms with Crippen molar-refractivity contribution in [2.24, 2.45) is 7.05 Å². The van der Waals surface area contributed by atoms with Crippen molar-refractivity contribution in [1.29, 1.82) is 0 Å². The van der Waals surface area contributed by atoms with Gasteiger partial charge in [-0.25, -0.2) is 14.5 Å². The average Bonchev–Trinajstić information content (AvgIpc) is 3.34. The van der Waals surface area contributed by atoms with Crippen molar-refractivity contribution >= 4 is 11.5 Å². The Kier molecular flexibility index (Phi) is 3.63. The Hall–Kier alpha value is -2.64. The van der Waals surface area contributed by atoms with Crippen LogP contribution in [0.2, 0.25) is 0 Å². The van der Waals surface area contributed by atoms with Crippen LogP contribution in [0.25, 0.3) is 5.65 Å². The lowest BCUT2D eigenvalue weighted by molar-refractivity contribution is 0.459. The second kappa shape index (κ2) is 5.94. The van der Waals surface area contributed by atoms with Gasteiger partial charge in [0.1, 0.15) is 11.6 Å². The molecule has 0 atom stereocenters. The van der Waals surface area contributed by atoms with E-state index in [2.05, 4.69) is 26.1 Å². The highest BCUT2D eigenvalue weighted by atomic mass is 16.2. The number of anilines is 1. The van der Waals surface area contributed by atoms with Gasteiger partial charge in [0, 0.05) is 49.9 Å². The van der Waals surface area contributed by atoms with Crippen molar-refractivity contribution in [3.63, 3.8) is 0 Å². The number of aromatic nitrogens is 6. The van der Waals surface area contributed by atoms with E-state index in [1.165, 1.54) is 4.68 Å². The third kappa shape index (κ3) is 2.74. The molecule has 0 N–H and O–H groups in total. The summed E-state index contributed by atoms with van der Waals surface area (Å²) in [6.45, 7) is 5.88. The van der Waals surface area contributed by atoms with Crippen molar-refractivity contribution in [3.05, 3.63) is 39.8 Å². The van der Waals surface area contributed by atoms with Crippen LogP contribution < -0.4 is 10.6 Å². The molecule has 1 aliphatic carbocycles. The Bertz CT molecular complexity index is 1060. The summed E-state index contributed by atoms with van der Waals surface area (Å²) < 4.78 is 5.40. The number of fused-ring (bicyclic) bond motifs is 1. The summed E-state index contributed by atoms with van der Waals surface area (Å²) >= 11 is 0. The maximum atomic E-state index is 12.4. The molecule has 1 saturated carbocycles. The van der Waals surface area contributed by atoms with E-state index in [-0.39, 0.29) is 5.69 Å². The van der Waals surface area contributed by atoms with Crippen LogP contribution in [0, 0.1) is 13.8 Å². The molecular weight excluding hydrogens is 342 g/mol. The Morgan fingerprint density at radius 2 is 1.74 bits per heavy atom. The first kappa shape index (κ1) is 16.5. The van der Waals surface area contributed by atoms with E-state index < -0.39 is 0 Å². The number of piperidine rings is 1. The molecule has 0 unspecified atom stereocenters. The smallest absolute Gasteiger partial charge is 0.345 e. The van der Waals surface area contributed by atoms with Gasteiger partial charge in [-0.2, -0.15) is 14.7 Å². The van der Waals surface area contributed by atoms with E-state index in [0.717, 1.165) is 67.5 Å². The van der Waals surface area contributed by atoms with Crippen LogP contribution in [-0.4, -0.2) is 42.0 Å². The average molecular weight is 367 g/mol. The van der Waals surface area contributed by atoms with Gasteiger partial charge >= 0.3 is 5.69 Å². The summed E-state index contributed by atoms with van der Waals surface area (Å²) in [7, 11) is 1.76. The normalized spacial score (nSPS) is 18.6. The molecule has 142 valence electrons. The Morgan fingerprint density at radius 3 is 2.44 bits per heavy atom. The van der Waals surface area contributed by atoms with Crippen molar-refractivity contribution in [1.82, 2.24) is 28.9 Å². The molecule has 5 rings (SSSR count). The topological polar surface area (TPSA) is 73.2 Å². The molecule has 2 fully saturated rings. The first-order chi connectivity index (χ1) is 13.0. The van der Waals surface area contributed by atoms with E-state index in [1.54, 1.807) is 7.05 Å². The molecule has 0 spiro atoms. The van der Waals surface area contributed by atoms with Crippen molar-refractivity contribution < 1.29 is 0 Å². The molecule has 27 heavy (non-hydrogen) atoms. The zero-order valence-corrected chi connectivity index (χ0v) is 16.1. The highest BCUT2D eigenvalue weighted by Gasteiger charge is 2.34. The monoisotopic (exact) mass is 367 g/mol. The second-order valence-electron chi connectivity index (χ2n) is 7.94. The lowest BCUT2D eigenvalue weighted by Gasteiger charge is -2.33. The fourth-order valence-corrected chi connectivity index (χ4v) is 4.24. The van der Waals surface area contributed by atoms with Gasteiger partial charge in [-0.15, -0.1) is 0 Å². The van der Waals surface area contributed by atoms with E-state index in [4.69, 9.17) is 0 Å². The minimum Gasteiger partial charge on any atom is -0.356 e. The van der Waals surface area contributed by atoms with Crippen molar-refractivity contribution in [2.75, 3.05) is 18.0 Å². The first-order valence-corrected chi connectivity index (χ1v) is 9.75. The lowest BCUT2D eigenvalue weighted by Crippen LogP contribution is -2.35. The quantitative estimate of drug-likeness (QED) is 0.708. The molecular formula is C19H25N7O. The number of hydrogen-bond donors (Lipinski definition) is 0. The molecule has 0 aromatic carbocycles. The molecule has 0 amide bonds. The summed E-state index contributed by atoms with van der Waals surface area (Å²) in [4.78, 5) is 19.4.